The van der Waals surface area contributed by atoms with Crippen LogP contribution in [0.15, 0.2) is 24.3 Å². The van der Waals surface area contributed by atoms with Crippen molar-refractivity contribution in [3.63, 3.8) is 0 Å². The number of para-hydroxylation sites is 1. The number of hydrogen-bond acceptors (Lipinski definition) is 3. The summed E-state index contributed by atoms with van der Waals surface area (Å²) in [5.41, 5.74) is 8.20. The maximum absolute atomic E-state index is 13.5. The van der Waals surface area contributed by atoms with E-state index in [0.717, 1.165) is 50.8 Å². The second-order valence-corrected chi connectivity index (χ2v) is 11.0. The molecule has 4 rings (SSSR count). The van der Waals surface area contributed by atoms with Crippen LogP contribution in [-0.4, -0.2) is 41.8 Å². The Morgan fingerprint density at radius 2 is 1.76 bits per heavy atom. The van der Waals surface area contributed by atoms with Crippen molar-refractivity contribution in [2.45, 2.75) is 96.6 Å². The number of rotatable bonds is 9. The number of carbonyl (C=O) groups excluding carboxylic acids is 1. The molecule has 0 radical (unpaired) electrons. The summed E-state index contributed by atoms with van der Waals surface area (Å²) < 4.78 is 0. The minimum Gasteiger partial charge on any atom is -0.387 e. The molecule has 2 heterocycles. The van der Waals surface area contributed by atoms with Gasteiger partial charge in [-0.2, -0.15) is 0 Å². The van der Waals surface area contributed by atoms with Crippen LogP contribution in [0, 0.1) is 23.2 Å². The number of amides is 1. The van der Waals surface area contributed by atoms with Crippen LogP contribution in [0.25, 0.3) is 0 Å². The third-order valence-corrected chi connectivity index (χ3v) is 8.64. The lowest BCUT2D eigenvalue weighted by atomic mass is 9.84. The Labute approximate surface area is 200 Å². The molecule has 1 saturated carbocycles. The molecule has 5 nitrogen and oxygen atoms in total. The van der Waals surface area contributed by atoms with Crippen molar-refractivity contribution in [2.75, 3.05) is 18.0 Å². The molecule has 3 aliphatic rings. The van der Waals surface area contributed by atoms with Gasteiger partial charge in [0.05, 0.1) is 5.84 Å². The van der Waals surface area contributed by atoms with E-state index in [1.54, 1.807) is 0 Å². The van der Waals surface area contributed by atoms with Gasteiger partial charge in [0.1, 0.15) is 0 Å². The SMILES string of the molecule is CC1CCC[C@@H](C)N1CCCCCN1C(=O)C(CC2CCC(C(=N)N)C2)Cc2ccccc21. The second kappa shape index (κ2) is 11.0. The molecule has 4 unspecified atom stereocenters. The number of nitrogens with two attached hydrogens (primary N) is 1. The Bertz CT molecular complexity index is 814. The summed E-state index contributed by atoms with van der Waals surface area (Å²) in [6.45, 7) is 6.77. The first-order valence-electron chi connectivity index (χ1n) is 13.4. The monoisotopic (exact) mass is 452 g/mol. The van der Waals surface area contributed by atoms with Crippen molar-refractivity contribution < 1.29 is 4.79 Å². The first kappa shape index (κ1) is 24.3. The topological polar surface area (TPSA) is 73.4 Å². The summed E-state index contributed by atoms with van der Waals surface area (Å²) in [6, 6.07) is 9.92. The van der Waals surface area contributed by atoms with Crippen LogP contribution in [0.3, 0.4) is 0 Å². The maximum atomic E-state index is 13.5. The van der Waals surface area contributed by atoms with Crippen LogP contribution >= 0.6 is 0 Å². The zero-order chi connectivity index (χ0) is 23.4. The number of benzene rings is 1. The van der Waals surface area contributed by atoms with E-state index >= 15 is 0 Å². The number of amidine groups is 1. The third-order valence-electron chi connectivity index (χ3n) is 8.64. The molecule has 1 amide bonds. The smallest absolute Gasteiger partial charge is 0.230 e. The lowest BCUT2D eigenvalue weighted by Crippen LogP contribution is -2.44. The van der Waals surface area contributed by atoms with Gasteiger partial charge in [-0.25, -0.2) is 0 Å². The molecule has 0 spiro atoms. The minimum absolute atomic E-state index is 0.0747. The molecule has 5 heteroatoms. The fourth-order valence-electron chi connectivity index (χ4n) is 6.68. The molecule has 33 heavy (non-hydrogen) atoms. The Morgan fingerprint density at radius 1 is 1.03 bits per heavy atom. The normalized spacial score (nSPS) is 30.4. The van der Waals surface area contributed by atoms with Crippen molar-refractivity contribution in [1.82, 2.24) is 4.90 Å². The predicted octanol–water partition coefficient (Wildman–Crippen LogP) is 5.37. The number of unbranched alkanes of at least 4 members (excludes halogenated alkanes) is 2. The van der Waals surface area contributed by atoms with Crippen LogP contribution in [0.4, 0.5) is 5.69 Å². The number of fused-ring (bicyclic) bond motifs is 1. The molecule has 1 aliphatic carbocycles. The van der Waals surface area contributed by atoms with Gasteiger partial charge in [0.25, 0.3) is 0 Å². The van der Waals surface area contributed by atoms with E-state index < -0.39 is 0 Å². The summed E-state index contributed by atoms with van der Waals surface area (Å²) in [5.74, 6) is 1.47. The van der Waals surface area contributed by atoms with Crippen molar-refractivity contribution in [3.05, 3.63) is 29.8 Å². The average molecular weight is 453 g/mol. The van der Waals surface area contributed by atoms with Crippen LogP contribution in [0.1, 0.15) is 83.6 Å². The van der Waals surface area contributed by atoms with E-state index in [2.05, 4.69) is 47.9 Å². The van der Waals surface area contributed by atoms with Gasteiger partial charge in [-0.05, 0) is 95.7 Å². The van der Waals surface area contributed by atoms with E-state index in [1.807, 2.05) is 0 Å². The molecular weight excluding hydrogens is 408 g/mol. The van der Waals surface area contributed by atoms with Crippen LogP contribution in [-0.2, 0) is 11.2 Å². The summed E-state index contributed by atoms with van der Waals surface area (Å²) >= 11 is 0. The number of nitrogens with zero attached hydrogens (tertiary/aromatic N) is 2. The number of likely N-dealkylation sites (tertiary alicyclic amines) is 1. The zero-order valence-electron chi connectivity index (χ0n) is 20.8. The molecule has 1 saturated heterocycles. The molecule has 0 bridgehead atoms. The zero-order valence-corrected chi connectivity index (χ0v) is 20.8. The molecular formula is C28H44N4O. The fraction of sp³-hybridized carbons (Fsp3) is 0.714. The number of piperidine rings is 1. The lowest BCUT2D eigenvalue weighted by molar-refractivity contribution is -0.123. The summed E-state index contributed by atoms with van der Waals surface area (Å²) in [4.78, 5) is 18.3. The molecule has 5 atom stereocenters. The van der Waals surface area contributed by atoms with Crippen molar-refractivity contribution in [1.29, 1.82) is 5.41 Å². The van der Waals surface area contributed by atoms with E-state index in [4.69, 9.17) is 11.1 Å². The molecule has 182 valence electrons. The molecule has 2 aliphatic heterocycles. The molecule has 0 aromatic heterocycles. The predicted molar refractivity (Wildman–Crippen MR) is 137 cm³/mol. The van der Waals surface area contributed by atoms with Gasteiger partial charge in [0.2, 0.25) is 5.91 Å². The summed E-state index contributed by atoms with van der Waals surface area (Å²) in [5, 5.41) is 7.77. The first-order valence-corrected chi connectivity index (χ1v) is 13.4. The number of anilines is 1. The Morgan fingerprint density at radius 3 is 2.48 bits per heavy atom. The van der Waals surface area contributed by atoms with Crippen LogP contribution < -0.4 is 10.6 Å². The Kier molecular flexibility index (Phi) is 8.11. The third kappa shape index (κ3) is 5.79. The first-order chi connectivity index (χ1) is 15.9. The van der Waals surface area contributed by atoms with Gasteiger partial charge >= 0.3 is 0 Å². The van der Waals surface area contributed by atoms with E-state index in [0.29, 0.717) is 29.7 Å². The van der Waals surface area contributed by atoms with E-state index in [-0.39, 0.29) is 11.8 Å². The van der Waals surface area contributed by atoms with E-state index in [9.17, 15) is 4.79 Å². The van der Waals surface area contributed by atoms with Gasteiger partial charge in [-0.15, -0.1) is 0 Å². The number of hydrogen-bond donors (Lipinski definition) is 2. The molecule has 1 aromatic rings. The Balaban J connectivity index is 1.31. The highest BCUT2D eigenvalue weighted by molar-refractivity contribution is 5.98. The van der Waals surface area contributed by atoms with Crippen molar-refractivity contribution in [2.24, 2.45) is 23.5 Å². The van der Waals surface area contributed by atoms with Gasteiger partial charge in [-0.1, -0.05) is 31.0 Å². The fourth-order valence-corrected chi connectivity index (χ4v) is 6.68. The highest BCUT2D eigenvalue weighted by Crippen LogP contribution is 2.39. The minimum atomic E-state index is 0.0747. The van der Waals surface area contributed by atoms with Crippen molar-refractivity contribution in [3.8, 4) is 0 Å². The quantitative estimate of drug-likeness (QED) is 0.301. The number of carbonyl (C=O) groups is 1. The molecule has 3 N–H and O–H groups in total. The van der Waals surface area contributed by atoms with Crippen LogP contribution in [0.2, 0.25) is 0 Å². The van der Waals surface area contributed by atoms with Gasteiger partial charge in [0.15, 0.2) is 0 Å². The lowest BCUT2D eigenvalue weighted by Gasteiger charge is -2.39. The van der Waals surface area contributed by atoms with Crippen molar-refractivity contribution >= 4 is 17.4 Å². The van der Waals surface area contributed by atoms with Gasteiger partial charge < -0.3 is 10.6 Å². The summed E-state index contributed by atoms with van der Waals surface area (Å²) in [7, 11) is 0. The van der Waals surface area contributed by atoms with Crippen LogP contribution in [0.5, 0.6) is 0 Å². The molecule has 1 aromatic carbocycles. The maximum Gasteiger partial charge on any atom is 0.230 e. The van der Waals surface area contributed by atoms with Gasteiger partial charge in [-0.3, -0.25) is 15.1 Å². The Hall–Kier alpha value is -1.88. The highest BCUT2D eigenvalue weighted by Gasteiger charge is 2.36. The standard InChI is InChI=1S/C28H44N4O/c1-20-9-8-10-21(2)31(20)15-6-3-7-16-32-26-12-5-4-11-23(26)19-25(28(32)33)18-22-13-14-24(17-22)27(29)30/h4-5,11-12,20-22,24-25H,3,6-10,13-19H2,1-2H3,(H3,29,30)/t20-,21?,22?,24?,25?/m1/s1. The number of nitrogens with one attached hydrogen (secondary N) is 1. The average Bonchev–Trinajstić information content (AvgIpc) is 3.26. The largest absolute Gasteiger partial charge is 0.387 e. The second-order valence-electron chi connectivity index (χ2n) is 11.0. The summed E-state index contributed by atoms with van der Waals surface area (Å²) in [6.07, 6.45) is 12.4. The van der Waals surface area contributed by atoms with Gasteiger partial charge in [0, 0.05) is 36.2 Å². The molecule has 2 fully saturated rings. The highest BCUT2D eigenvalue weighted by atomic mass is 16.2. The van der Waals surface area contributed by atoms with E-state index in [1.165, 1.54) is 44.2 Å².